The normalized spacial score (nSPS) is 11.3. The molecule has 1 aromatic carbocycles. The molecule has 0 unspecified atom stereocenters. The van der Waals surface area contributed by atoms with Crippen molar-refractivity contribution in [2.24, 2.45) is 12.0 Å². The number of aromatic nitrogens is 5. The highest BCUT2D eigenvalue weighted by atomic mass is 127. The average molecular weight is 524 g/mol. The Labute approximate surface area is 194 Å². The van der Waals surface area contributed by atoms with E-state index in [1.54, 1.807) is 7.11 Å². The predicted octanol–water partition coefficient (Wildman–Crippen LogP) is 2.36. The summed E-state index contributed by atoms with van der Waals surface area (Å²) in [4.78, 5) is 14.6. The van der Waals surface area contributed by atoms with E-state index in [1.165, 1.54) is 0 Å². The highest BCUT2D eigenvalue weighted by molar-refractivity contribution is 14.0. The van der Waals surface area contributed by atoms with Crippen LogP contribution < -0.4 is 5.32 Å². The Morgan fingerprint density at radius 1 is 1.27 bits per heavy atom. The van der Waals surface area contributed by atoms with Crippen molar-refractivity contribution >= 4 is 29.9 Å². The van der Waals surface area contributed by atoms with Crippen molar-refractivity contribution in [3.63, 3.8) is 0 Å². The van der Waals surface area contributed by atoms with Gasteiger partial charge in [0.1, 0.15) is 18.2 Å². The van der Waals surface area contributed by atoms with Crippen molar-refractivity contribution in [3.8, 4) is 11.3 Å². The number of halogens is 1. The number of aryl methyl sites for hydroxylation is 1. The largest absolute Gasteiger partial charge is 0.383 e. The first kappa shape index (κ1) is 23.8. The van der Waals surface area contributed by atoms with Gasteiger partial charge in [-0.25, -0.2) is 9.98 Å². The van der Waals surface area contributed by atoms with E-state index >= 15 is 0 Å². The van der Waals surface area contributed by atoms with Crippen LogP contribution in [0.25, 0.3) is 11.3 Å². The fraction of sp³-hybridized carbons (Fsp3) is 0.400. The maximum Gasteiger partial charge on any atom is 0.194 e. The third-order valence-electron chi connectivity index (χ3n) is 4.60. The van der Waals surface area contributed by atoms with Gasteiger partial charge in [-0.1, -0.05) is 30.3 Å². The lowest BCUT2D eigenvalue weighted by molar-refractivity contribution is 0.202. The lowest BCUT2D eigenvalue weighted by Gasteiger charge is -2.21. The van der Waals surface area contributed by atoms with E-state index in [0.717, 1.165) is 34.7 Å². The van der Waals surface area contributed by atoms with E-state index in [9.17, 15) is 0 Å². The van der Waals surface area contributed by atoms with Crippen LogP contribution >= 0.6 is 24.0 Å². The summed E-state index contributed by atoms with van der Waals surface area (Å²) in [6, 6.07) is 10.1. The fourth-order valence-corrected chi connectivity index (χ4v) is 2.82. The third-order valence-corrected chi connectivity index (χ3v) is 4.60. The minimum absolute atomic E-state index is 0. The van der Waals surface area contributed by atoms with Crippen molar-refractivity contribution in [1.82, 2.24) is 34.9 Å². The summed E-state index contributed by atoms with van der Waals surface area (Å²) in [5.41, 5.74) is 2.10. The molecule has 0 aliphatic rings. The number of methoxy groups -OCH3 is 1. The van der Waals surface area contributed by atoms with Crippen LogP contribution in [-0.2, 0) is 24.9 Å². The number of aliphatic imine (C=N–C) groups is 1. The molecular formula is C20H29IN8O. The Morgan fingerprint density at radius 3 is 2.70 bits per heavy atom. The van der Waals surface area contributed by atoms with Gasteiger partial charge in [0.15, 0.2) is 11.8 Å². The molecule has 2 N–H and O–H groups in total. The Hall–Kier alpha value is -2.47. The van der Waals surface area contributed by atoms with Gasteiger partial charge in [0.05, 0.1) is 25.0 Å². The lowest BCUT2D eigenvalue weighted by Crippen LogP contribution is -2.40. The Kier molecular flexibility index (Phi) is 9.24. The Balaban J connectivity index is 0.00000320. The molecule has 0 aliphatic carbocycles. The molecule has 2 aromatic heterocycles. The zero-order valence-corrected chi connectivity index (χ0v) is 20.1. The van der Waals surface area contributed by atoms with Crippen LogP contribution in [0, 0.1) is 6.92 Å². The number of benzene rings is 1. The van der Waals surface area contributed by atoms with Gasteiger partial charge in [-0.2, -0.15) is 0 Å². The molecule has 0 saturated heterocycles. The second kappa shape index (κ2) is 11.6. The standard InChI is InChI=1S/C20H28N8O.HI/c1-15-25-26-19(28(15)3)13-23-20(21-10-11-29-4)27(2)14-18-22-12-17(24-18)16-8-6-5-7-9-16;/h5-9,12H,10-11,13-14H2,1-4H3,(H,21,23)(H,22,24);1H. The second-order valence-corrected chi connectivity index (χ2v) is 6.75. The number of aromatic amines is 1. The van der Waals surface area contributed by atoms with Gasteiger partial charge in [0, 0.05) is 27.7 Å². The van der Waals surface area contributed by atoms with E-state index in [0.29, 0.717) is 26.2 Å². The molecule has 3 rings (SSSR count). The van der Waals surface area contributed by atoms with Crippen LogP contribution in [0.1, 0.15) is 17.5 Å². The van der Waals surface area contributed by atoms with Gasteiger partial charge in [-0.15, -0.1) is 34.2 Å². The molecule has 162 valence electrons. The molecule has 30 heavy (non-hydrogen) atoms. The highest BCUT2D eigenvalue weighted by Gasteiger charge is 2.11. The molecule has 2 heterocycles. The van der Waals surface area contributed by atoms with Crippen molar-refractivity contribution in [2.75, 3.05) is 27.3 Å². The summed E-state index contributed by atoms with van der Waals surface area (Å²) in [6.07, 6.45) is 1.86. The summed E-state index contributed by atoms with van der Waals surface area (Å²) < 4.78 is 7.09. The maximum atomic E-state index is 5.15. The molecule has 0 amide bonds. The quantitative estimate of drug-likeness (QED) is 0.203. The Bertz CT molecular complexity index is 937. The third kappa shape index (κ3) is 6.26. The van der Waals surface area contributed by atoms with E-state index in [2.05, 4.69) is 37.6 Å². The van der Waals surface area contributed by atoms with Crippen molar-refractivity contribution in [1.29, 1.82) is 0 Å². The molecule has 0 atom stereocenters. The molecule has 10 heteroatoms. The monoisotopic (exact) mass is 524 g/mol. The number of rotatable bonds is 8. The molecule has 0 saturated carbocycles. The minimum atomic E-state index is 0. The zero-order valence-electron chi connectivity index (χ0n) is 17.8. The summed E-state index contributed by atoms with van der Waals surface area (Å²) in [5.74, 6) is 3.29. The number of hydrogen-bond donors (Lipinski definition) is 2. The number of H-pyrrole nitrogens is 1. The van der Waals surface area contributed by atoms with Gasteiger partial charge in [-0.05, 0) is 12.5 Å². The molecule has 0 fully saturated rings. The van der Waals surface area contributed by atoms with E-state index in [4.69, 9.17) is 9.73 Å². The number of hydrogen-bond acceptors (Lipinski definition) is 5. The van der Waals surface area contributed by atoms with E-state index in [-0.39, 0.29) is 24.0 Å². The average Bonchev–Trinajstić information content (AvgIpc) is 3.32. The van der Waals surface area contributed by atoms with Crippen LogP contribution in [-0.4, -0.2) is 62.9 Å². The van der Waals surface area contributed by atoms with Crippen LogP contribution in [0.4, 0.5) is 0 Å². The number of imidazole rings is 1. The first-order chi connectivity index (χ1) is 14.1. The first-order valence-corrected chi connectivity index (χ1v) is 9.51. The predicted molar refractivity (Wildman–Crippen MR) is 128 cm³/mol. The van der Waals surface area contributed by atoms with Crippen molar-refractivity contribution in [3.05, 3.63) is 54.0 Å². The van der Waals surface area contributed by atoms with Gasteiger partial charge in [-0.3, -0.25) is 0 Å². The summed E-state index contributed by atoms with van der Waals surface area (Å²) in [7, 11) is 5.60. The summed E-state index contributed by atoms with van der Waals surface area (Å²) in [5, 5.41) is 11.6. The lowest BCUT2D eigenvalue weighted by atomic mass is 10.2. The molecule has 3 aromatic rings. The van der Waals surface area contributed by atoms with Gasteiger partial charge in [0.25, 0.3) is 0 Å². The molecular weight excluding hydrogens is 495 g/mol. The van der Waals surface area contributed by atoms with E-state index < -0.39 is 0 Å². The van der Waals surface area contributed by atoms with Gasteiger partial charge >= 0.3 is 0 Å². The van der Waals surface area contributed by atoms with Gasteiger partial charge < -0.3 is 24.5 Å². The van der Waals surface area contributed by atoms with E-state index in [1.807, 2.05) is 54.9 Å². The molecule has 0 aliphatic heterocycles. The number of nitrogens with one attached hydrogen (secondary N) is 2. The zero-order chi connectivity index (χ0) is 20.6. The highest BCUT2D eigenvalue weighted by Crippen LogP contribution is 2.16. The van der Waals surface area contributed by atoms with Gasteiger partial charge in [0.2, 0.25) is 0 Å². The molecule has 0 spiro atoms. The molecule has 9 nitrogen and oxygen atoms in total. The minimum Gasteiger partial charge on any atom is -0.383 e. The first-order valence-electron chi connectivity index (χ1n) is 9.51. The summed E-state index contributed by atoms with van der Waals surface area (Å²) >= 11 is 0. The number of ether oxygens (including phenoxy) is 1. The Morgan fingerprint density at radius 2 is 2.03 bits per heavy atom. The van der Waals surface area contributed by atoms with Crippen LogP contribution in [0.5, 0.6) is 0 Å². The van der Waals surface area contributed by atoms with Crippen LogP contribution in [0.2, 0.25) is 0 Å². The number of nitrogens with zero attached hydrogens (tertiary/aromatic N) is 6. The number of guanidine groups is 1. The molecule has 0 bridgehead atoms. The smallest absolute Gasteiger partial charge is 0.194 e. The topological polar surface area (TPSA) is 96.2 Å². The van der Waals surface area contributed by atoms with Crippen molar-refractivity contribution in [2.45, 2.75) is 20.0 Å². The SMILES string of the molecule is COCCNC(=NCc1nnc(C)n1C)N(C)Cc1ncc(-c2ccccc2)[nH]1.I. The van der Waals surface area contributed by atoms with Crippen LogP contribution in [0.15, 0.2) is 41.5 Å². The fourth-order valence-electron chi connectivity index (χ4n) is 2.82. The van der Waals surface area contributed by atoms with Crippen LogP contribution in [0.3, 0.4) is 0 Å². The molecule has 0 radical (unpaired) electrons. The maximum absolute atomic E-state index is 5.15. The second-order valence-electron chi connectivity index (χ2n) is 6.75. The summed E-state index contributed by atoms with van der Waals surface area (Å²) in [6.45, 7) is 4.19. The van der Waals surface area contributed by atoms with Crippen molar-refractivity contribution < 1.29 is 4.74 Å².